The fraction of sp³-hybridized carbons (Fsp3) is 0.278. The monoisotopic (exact) mass is 339 g/mol. The molecular weight excluding hydrogens is 322 g/mol. The van der Waals surface area contributed by atoms with E-state index in [9.17, 15) is 14.9 Å². The van der Waals surface area contributed by atoms with Gasteiger partial charge in [-0.05, 0) is 13.0 Å². The Bertz CT molecular complexity index is 879. The Balaban J connectivity index is 2.41. The molecule has 0 aliphatic carbocycles. The molecule has 1 atom stereocenters. The first-order chi connectivity index (χ1) is 12.0. The molecule has 1 aromatic rings. The van der Waals surface area contributed by atoms with E-state index in [-0.39, 0.29) is 29.4 Å². The number of allylic oxidation sites excluding steroid dienone is 1. The summed E-state index contributed by atoms with van der Waals surface area (Å²) in [6, 6.07) is 8.84. The van der Waals surface area contributed by atoms with Crippen LogP contribution in [-0.2, 0) is 24.5 Å². The van der Waals surface area contributed by atoms with E-state index in [2.05, 4.69) is 5.32 Å². The molecule has 7 heteroatoms. The maximum Gasteiger partial charge on any atom is 0.339 e. The Labute approximate surface area is 144 Å². The van der Waals surface area contributed by atoms with E-state index < -0.39 is 17.3 Å². The van der Waals surface area contributed by atoms with Crippen LogP contribution in [0.3, 0.4) is 0 Å². The summed E-state index contributed by atoms with van der Waals surface area (Å²) in [6.07, 6.45) is 0.310. The number of esters is 1. The summed E-state index contributed by atoms with van der Waals surface area (Å²) in [6.45, 7) is 3.56. The molecule has 0 saturated heterocycles. The summed E-state index contributed by atoms with van der Waals surface area (Å²) in [7, 11) is 0. The van der Waals surface area contributed by atoms with Crippen LogP contribution in [0.15, 0.2) is 47.1 Å². The Morgan fingerprint density at radius 1 is 1.40 bits per heavy atom. The van der Waals surface area contributed by atoms with Crippen LogP contribution in [0.1, 0.15) is 25.8 Å². The van der Waals surface area contributed by atoms with E-state index in [1.807, 2.05) is 6.07 Å². The highest BCUT2D eigenvalue weighted by Crippen LogP contribution is 2.52. The van der Waals surface area contributed by atoms with Crippen molar-refractivity contribution >= 4 is 17.6 Å². The summed E-state index contributed by atoms with van der Waals surface area (Å²) in [5.41, 5.74) is 5.17. The average molecular weight is 339 g/mol. The molecule has 1 unspecified atom stereocenters. The molecule has 2 aliphatic heterocycles. The molecule has 3 rings (SSSR count). The van der Waals surface area contributed by atoms with Crippen LogP contribution in [-0.4, -0.2) is 18.5 Å². The van der Waals surface area contributed by atoms with Gasteiger partial charge >= 0.3 is 5.97 Å². The van der Waals surface area contributed by atoms with Crippen molar-refractivity contribution in [1.29, 1.82) is 5.26 Å². The molecule has 2 aliphatic rings. The fourth-order valence-corrected chi connectivity index (χ4v) is 3.37. The number of rotatable bonds is 3. The van der Waals surface area contributed by atoms with Crippen molar-refractivity contribution in [2.24, 2.45) is 5.73 Å². The topological polar surface area (TPSA) is 114 Å². The average Bonchev–Trinajstić information content (AvgIpc) is 2.88. The predicted molar refractivity (Wildman–Crippen MR) is 88.6 cm³/mol. The van der Waals surface area contributed by atoms with Gasteiger partial charge in [-0.3, -0.25) is 4.79 Å². The van der Waals surface area contributed by atoms with Gasteiger partial charge in [0.15, 0.2) is 5.41 Å². The highest BCUT2D eigenvalue weighted by Gasteiger charge is 2.59. The van der Waals surface area contributed by atoms with E-state index in [0.717, 1.165) is 0 Å². The minimum absolute atomic E-state index is 0.00468. The van der Waals surface area contributed by atoms with Gasteiger partial charge in [-0.1, -0.05) is 25.1 Å². The van der Waals surface area contributed by atoms with Gasteiger partial charge in [0.25, 0.3) is 0 Å². The summed E-state index contributed by atoms with van der Waals surface area (Å²) in [5.74, 6) is -1.18. The molecule has 2 heterocycles. The number of nitrogens with zero attached hydrogens (tertiary/aromatic N) is 1. The second-order valence-corrected chi connectivity index (χ2v) is 5.58. The fourth-order valence-electron chi connectivity index (χ4n) is 3.37. The van der Waals surface area contributed by atoms with Crippen LogP contribution in [0.5, 0.6) is 0 Å². The van der Waals surface area contributed by atoms with Crippen LogP contribution in [0.4, 0.5) is 5.69 Å². The zero-order valence-electron chi connectivity index (χ0n) is 13.9. The number of anilines is 1. The molecule has 25 heavy (non-hydrogen) atoms. The van der Waals surface area contributed by atoms with Crippen molar-refractivity contribution in [2.75, 3.05) is 11.9 Å². The molecular formula is C18H17N3O4. The minimum atomic E-state index is -1.66. The first-order valence-corrected chi connectivity index (χ1v) is 7.92. The molecule has 0 fully saturated rings. The largest absolute Gasteiger partial charge is 0.462 e. The van der Waals surface area contributed by atoms with Crippen LogP contribution >= 0.6 is 0 Å². The second kappa shape index (κ2) is 5.98. The Hall–Kier alpha value is -3.27. The lowest BCUT2D eigenvalue weighted by atomic mass is 9.68. The number of hydrogen-bond acceptors (Lipinski definition) is 6. The number of carbonyl (C=O) groups is 2. The van der Waals surface area contributed by atoms with E-state index in [4.69, 9.17) is 15.2 Å². The third-order valence-electron chi connectivity index (χ3n) is 4.34. The maximum atomic E-state index is 13.1. The summed E-state index contributed by atoms with van der Waals surface area (Å²) in [5, 5.41) is 12.4. The Morgan fingerprint density at radius 3 is 2.76 bits per heavy atom. The number of ether oxygens (including phenoxy) is 2. The van der Waals surface area contributed by atoms with Crippen LogP contribution < -0.4 is 11.1 Å². The molecule has 0 radical (unpaired) electrons. The van der Waals surface area contributed by atoms with Crippen molar-refractivity contribution in [3.63, 3.8) is 0 Å². The smallest absolute Gasteiger partial charge is 0.339 e. The van der Waals surface area contributed by atoms with Gasteiger partial charge in [0.2, 0.25) is 11.8 Å². The van der Waals surface area contributed by atoms with Crippen LogP contribution in [0, 0.1) is 11.3 Å². The van der Waals surface area contributed by atoms with Gasteiger partial charge in [0, 0.05) is 17.7 Å². The van der Waals surface area contributed by atoms with E-state index in [1.165, 1.54) is 0 Å². The molecule has 7 nitrogen and oxygen atoms in total. The number of carbonyl (C=O) groups excluding carboxylic acids is 2. The minimum Gasteiger partial charge on any atom is -0.462 e. The molecule has 0 saturated carbocycles. The van der Waals surface area contributed by atoms with Crippen LogP contribution in [0.25, 0.3) is 0 Å². The SMILES string of the molecule is CCOC(=O)C1=C(CC)OC(N)=C(C#N)C12C(=O)Nc1ccccc12. The summed E-state index contributed by atoms with van der Waals surface area (Å²) < 4.78 is 10.7. The summed E-state index contributed by atoms with van der Waals surface area (Å²) >= 11 is 0. The maximum absolute atomic E-state index is 13.1. The molecule has 1 aromatic carbocycles. The van der Waals surface area contributed by atoms with Crippen molar-refractivity contribution < 1.29 is 19.1 Å². The first-order valence-electron chi connectivity index (χ1n) is 7.92. The number of nitrogens with one attached hydrogen (secondary N) is 1. The Morgan fingerprint density at radius 2 is 2.12 bits per heavy atom. The van der Waals surface area contributed by atoms with E-state index in [0.29, 0.717) is 17.7 Å². The molecule has 1 amide bonds. The first kappa shape index (κ1) is 16.6. The van der Waals surface area contributed by atoms with Crippen LogP contribution in [0.2, 0.25) is 0 Å². The normalized spacial score (nSPS) is 21.6. The van der Waals surface area contributed by atoms with Gasteiger partial charge in [0.1, 0.15) is 23.0 Å². The van der Waals surface area contributed by atoms with Crippen molar-refractivity contribution in [1.82, 2.24) is 0 Å². The number of fused-ring (bicyclic) bond motifs is 2. The lowest BCUT2D eigenvalue weighted by Gasteiger charge is -2.34. The van der Waals surface area contributed by atoms with Gasteiger partial charge in [-0.2, -0.15) is 5.26 Å². The highest BCUT2D eigenvalue weighted by atomic mass is 16.5. The number of benzene rings is 1. The molecule has 0 bridgehead atoms. The number of hydrogen-bond donors (Lipinski definition) is 2. The number of amides is 1. The van der Waals surface area contributed by atoms with E-state index in [1.54, 1.807) is 38.1 Å². The molecule has 3 N–H and O–H groups in total. The zero-order valence-corrected chi connectivity index (χ0v) is 13.9. The van der Waals surface area contributed by atoms with Crippen molar-refractivity contribution in [2.45, 2.75) is 25.7 Å². The van der Waals surface area contributed by atoms with Crippen molar-refractivity contribution in [3.05, 3.63) is 52.6 Å². The quantitative estimate of drug-likeness (QED) is 0.812. The second-order valence-electron chi connectivity index (χ2n) is 5.58. The molecule has 1 spiro atoms. The summed E-state index contributed by atoms with van der Waals surface area (Å²) in [4.78, 5) is 25.8. The number of nitriles is 1. The molecule has 0 aromatic heterocycles. The zero-order chi connectivity index (χ0) is 18.2. The van der Waals surface area contributed by atoms with Crippen molar-refractivity contribution in [3.8, 4) is 6.07 Å². The van der Waals surface area contributed by atoms with Gasteiger partial charge in [0.05, 0.1) is 6.61 Å². The lowest BCUT2D eigenvalue weighted by Crippen LogP contribution is -2.46. The highest BCUT2D eigenvalue weighted by molar-refractivity contribution is 6.17. The van der Waals surface area contributed by atoms with Gasteiger partial charge in [-0.15, -0.1) is 0 Å². The van der Waals surface area contributed by atoms with E-state index >= 15 is 0 Å². The molecule has 128 valence electrons. The number of nitrogens with two attached hydrogens (primary N) is 1. The standard InChI is InChI=1S/C18H17N3O4/c1-3-13-14(16(22)24-4-2)18(11(9-19)15(20)25-13)10-7-5-6-8-12(10)21-17(18)23/h5-8H,3-4,20H2,1-2H3,(H,21,23). The third kappa shape index (κ3) is 2.11. The number of para-hydroxylation sites is 1. The predicted octanol–water partition coefficient (Wildman–Crippen LogP) is 1.83. The third-order valence-corrected chi connectivity index (χ3v) is 4.34. The lowest BCUT2D eigenvalue weighted by molar-refractivity contribution is -0.140. The Kier molecular flexibility index (Phi) is 3.97. The van der Waals surface area contributed by atoms with Gasteiger partial charge < -0.3 is 20.5 Å². The van der Waals surface area contributed by atoms with Gasteiger partial charge in [-0.25, -0.2) is 4.79 Å².